The van der Waals surface area contributed by atoms with Gasteiger partial charge in [0.2, 0.25) is 10.0 Å². The summed E-state index contributed by atoms with van der Waals surface area (Å²) >= 11 is 0. The second-order valence-corrected chi connectivity index (χ2v) is 8.33. The maximum atomic E-state index is 12.2. The first kappa shape index (κ1) is 19.9. The number of sulfonamides is 1. The Bertz CT molecular complexity index is 1250. The van der Waals surface area contributed by atoms with E-state index in [0.717, 1.165) is 17.4 Å². The van der Waals surface area contributed by atoms with Crippen LogP contribution in [-0.4, -0.2) is 21.8 Å². The Labute approximate surface area is 174 Å². The van der Waals surface area contributed by atoms with Crippen molar-refractivity contribution in [1.82, 2.24) is 0 Å². The summed E-state index contributed by atoms with van der Waals surface area (Å²) in [6, 6.07) is 20.8. The molecule has 30 heavy (non-hydrogen) atoms. The normalized spacial score (nSPS) is 15.9. The fraction of sp³-hybridized carbons (Fsp3) is 0.0870. The van der Waals surface area contributed by atoms with E-state index >= 15 is 0 Å². The average Bonchev–Trinajstić information content (AvgIpc) is 2.77. The SMILES string of the molecule is COc1ccccc1C1=C(c2ccc(S(N)(=O)=O)cc2)Oc2ccccc2C1C=O. The van der Waals surface area contributed by atoms with E-state index in [9.17, 15) is 13.2 Å². The quantitative estimate of drug-likeness (QED) is 0.635. The molecule has 1 aliphatic rings. The Balaban J connectivity index is 1.99. The van der Waals surface area contributed by atoms with E-state index in [1.54, 1.807) is 25.3 Å². The predicted octanol–water partition coefficient (Wildman–Crippen LogP) is 3.59. The van der Waals surface area contributed by atoms with Gasteiger partial charge in [-0.25, -0.2) is 13.6 Å². The highest BCUT2D eigenvalue weighted by Gasteiger charge is 2.32. The molecule has 1 unspecified atom stereocenters. The summed E-state index contributed by atoms with van der Waals surface area (Å²) in [5, 5.41) is 5.21. The Morgan fingerprint density at radius 3 is 2.30 bits per heavy atom. The van der Waals surface area contributed by atoms with Crippen LogP contribution in [0, 0.1) is 0 Å². The number of carbonyl (C=O) groups is 1. The smallest absolute Gasteiger partial charge is 0.238 e. The van der Waals surface area contributed by atoms with E-state index in [0.29, 0.717) is 28.4 Å². The zero-order valence-electron chi connectivity index (χ0n) is 16.1. The first-order valence-electron chi connectivity index (χ1n) is 9.17. The molecule has 3 aromatic carbocycles. The summed E-state index contributed by atoms with van der Waals surface area (Å²) in [7, 11) is -2.26. The van der Waals surface area contributed by atoms with Gasteiger partial charge in [-0.3, -0.25) is 0 Å². The molecule has 4 rings (SSSR count). The highest BCUT2D eigenvalue weighted by molar-refractivity contribution is 7.89. The lowest BCUT2D eigenvalue weighted by atomic mass is 9.83. The maximum Gasteiger partial charge on any atom is 0.238 e. The molecule has 0 bridgehead atoms. The van der Waals surface area contributed by atoms with Crippen LogP contribution in [0.25, 0.3) is 11.3 Å². The second-order valence-electron chi connectivity index (χ2n) is 6.77. The van der Waals surface area contributed by atoms with Crippen molar-refractivity contribution in [2.45, 2.75) is 10.8 Å². The fourth-order valence-electron chi connectivity index (χ4n) is 3.60. The van der Waals surface area contributed by atoms with Gasteiger partial charge < -0.3 is 14.3 Å². The number of allylic oxidation sites excluding steroid dienone is 1. The fourth-order valence-corrected chi connectivity index (χ4v) is 4.12. The minimum atomic E-state index is -3.82. The molecule has 0 aromatic heterocycles. The van der Waals surface area contributed by atoms with Gasteiger partial charge in [-0.2, -0.15) is 0 Å². The molecule has 1 heterocycles. The number of nitrogens with two attached hydrogens (primary N) is 1. The van der Waals surface area contributed by atoms with E-state index in [-0.39, 0.29) is 4.90 Å². The Morgan fingerprint density at radius 2 is 1.63 bits per heavy atom. The van der Waals surface area contributed by atoms with Gasteiger partial charge in [-0.1, -0.05) is 36.4 Å². The molecule has 0 fully saturated rings. The third-order valence-corrected chi connectivity index (χ3v) is 5.93. The first-order valence-corrected chi connectivity index (χ1v) is 10.7. The van der Waals surface area contributed by atoms with Gasteiger partial charge in [-0.05, 0) is 36.4 Å². The largest absolute Gasteiger partial charge is 0.496 e. The first-order chi connectivity index (χ1) is 14.4. The number of carbonyl (C=O) groups excluding carboxylic acids is 1. The topological polar surface area (TPSA) is 95.7 Å². The molecule has 152 valence electrons. The van der Waals surface area contributed by atoms with Crippen LogP contribution in [0.15, 0.2) is 77.7 Å². The highest BCUT2D eigenvalue weighted by Crippen LogP contribution is 2.47. The van der Waals surface area contributed by atoms with Crippen molar-refractivity contribution < 1.29 is 22.7 Å². The molecule has 0 spiro atoms. The van der Waals surface area contributed by atoms with Crippen molar-refractivity contribution in [3.05, 3.63) is 89.5 Å². The molecule has 3 aromatic rings. The number of aldehydes is 1. The predicted molar refractivity (Wildman–Crippen MR) is 113 cm³/mol. The number of primary sulfonamides is 1. The Morgan fingerprint density at radius 1 is 0.967 bits per heavy atom. The van der Waals surface area contributed by atoms with Crippen molar-refractivity contribution in [2.24, 2.45) is 5.14 Å². The lowest BCUT2D eigenvalue weighted by Gasteiger charge is -2.29. The van der Waals surface area contributed by atoms with Crippen LogP contribution >= 0.6 is 0 Å². The Hall–Kier alpha value is -3.42. The summed E-state index contributed by atoms with van der Waals surface area (Å²) in [6.45, 7) is 0. The second kappa shape index (κ2) is 7.78. The van der Waals surface area contributed by atoms with Crippen LogP contribution in [0.1, 0.15) is 22.6 Å². The molecule has 0 radical (unpaired) electrons. The summed E-state index contributed by atoms with van der Waals surface area (Å²) in [4.78, 5) is 12.2. The number of rotatable bonds is 5. The van der Waals surface area contributed by atoms with Gasteiger partial charge in [0, 0.05) is 22.3 Å². The van der Waals surface area contributed by atoms with E-state index < -0.39 is 15.9 Å². The van der Waals surface area contributed by atoms with E-state index in [1.807, 2.05) is 42.5 Å². The molecular weight excluding hydrogens is 402 g/mol. The van der Waals surface area contributed by atoms with Crippen molar-refractivity contribution in [3.8, 4) is 11.5 Å². The molecule has 6 nitrogen and oxygen atoms in total. The molecular formula is C23H19NO5S. The zero-order chi connectivity index (χ0) is 21.3. The molecule has 1 atom stereocenters. The van der Waals surface area contributed by atoms with Crippen molar-refractivity contribution >= 4 is 27.6 Å². The molecule has 2 N–H and O–H groups in total. The minimum absolute atomic E-state index is 0.00570. The molecule has 0 amide bonds. The van der Waals surface area contributed by atoms with Gasteiger partial charge in [-0.15, -0.1) is 0 Å². The standard InChI is InChI=1S/C23H19NO5S/c1-28-20-8-4-3-7-18(20)22-19(14-25)17-6-2-5-9-21(17)29-23(22)15-10-12-16(13-11-15)30(24,26)27/h2-14,19H,1H3,(H2,24,26,27). The summed E-state index contributed by atoms with van der Waals surface area (Å²) in [5.41, 5.74) is 2.73. The monoisotopic (exact) mass is 421 g/mol. The lowest BCUT2D eigenvalue weighted by molar-refractivity contribution is -0.108. The third kappa shape index (κ3) is 3.49. The number of benzene rings is 3. The summed E-state index contributed by atoms with van der Waals surface area (Å²) in [5.74, 6) is 1.04. The van der Waals surface area contributed by atoms with Crippen LogP contribution < -0.4 is 14.6 Å². The van der Waals surface area contributed by atoms with Crippen LogP contribution in [0.5, 0.6) is 11.5 Å². The van der Waals surface area contributed by atoms with Crippen LogP contribution in [-0.2, 0) is 14.8 Å². The number of methoxy groups -OCH3 is 1. The molecule has 0 saturated carbocycles. The van der Waals surface area contributed by atoms with Crippen molar-refractivity contribution in [3.63, 3.8) is 0 Å². The summed E-state index contributed by atoms with van der Waals surface area (Å²) < 4.78 is 35.0. The Kier molecular flexibility index (Phi) is 5.15. The number of para-hydroxylation sites is 2. The zero-order valence-corrected chi connectivity index (χ0v) is 16.9. The van der Waals surface area contributed by atoms with Gasteiger partial charge in [0.25, 0.3) is 0 Å². The lowest BCUT2D eigenvalue weighted by Crippen LogP contribution is -2.16. The van der Waals surface area contributed by atoms with Gasteiger partial charge in [0.15, 0.2) is 0 Å². The van der Waals surface area contributed by atoms with E-state index in [2.05, 4.69) is 0 Å². The molecule has 1 aliphatic heterocycles. The maximum absolute atomic E-state index is 12.2. The van der Waals surface area contributed by atoms with Gasteiger partial charge in [0.1, 0.15) is 23.5 Å². The molecule has 0 saturated heterocycles. The van der Waals surface area contributed by atoms with Crippen LogP contribution in [0.2, 0.25) is 0 Å². The van der Waals surface area contributed by atoms with Gasteiger partial charge >= 0.3 is 0 Å². The highest BCUT2D eigenvalue weighted by atomic mass is 32.2. The van der Waals surface area contributed by atoms with Crippen LogP contribution in [0.4, 0.5) is 0 Å². The summed E-state index contributed by atoms with van der Waals surface area (Å²) in [6.07, 6.45) is 0.877. The molecule has 7 heteroatoms. The number of fused-ring (bicyclic) bond motifs is 1. The van der Waals surface area contributed by atoms with Crippen molar-refractivity contribution in [1.29, 1.82) is 0 Å². The number of hydrogen-bond acceptors (Lipinski definition) is 5. The minimum Gasteiger partial charge on any atom is -0.496 e. The number of ether oxygens (including phenoxy) is 2. The van der Waals surface area contributed by atoms with Gasteiger partial charge in [0.05, 0.1) is 17.9 Å². The average molecular weight is 421 g/mol. The van der Waals surface area contributed by atoms with E-state index in [1.165, 1.54) is 12.1 Å². The molecule has 0 aliphatic carbocycles. The number of hydrogen-bond donors (Lipinski definition) is 1. The third-order valence-electron chi connectivity index (χ3n) is 5.00. The van der Waals surface area contributed by atoms with Crippen molar-refractivity contribution in [2.75, 3.05) is 7.11 Å². The van der Waals surface area contributed by atoms with Crippen LogP contribution in [0.3, 0.4) is 0 Å². The van der Waals surface area contributed by atoms with E-state index in [4.69, 9.17) is 14.6 Å².